The number of hydrogen-bond donors (Lipinski definition) is 3. The maximum Gasteiger partial charge on any atom is 0.269 e. The van der Waals surface area contributed by atoms with Crippen LogP contribution in [-0.2, 0) is 6.42 Å². The zero-order valence-corrected chi connectivity index (χ0v) is 17.6. The van der Waals surface area contributed by atoms with Gasteiger partial charge in [0.1, 0.15) is 17.2 Å². The number of ether oxygens (including phenoxy) is 1. The van der Waals surface area contributed by atoms with Gasteiger partial charge in [0.25, 0.3) is 11.8 Å². The van der Waals surface area contributed by atoms with Crippen LogP contribution in [0.2, 0.25) is 0 Å². The van der Waals surface area contributed by atoms with Gasteiger partial charge in [-0.2, -0.15) is 0 Å². The number of nitrogens with zero attached hydrogens (tertiary/aromatic N) is 1. The van der Waals surface area contributed by atoms with Gasteiger partial charge in [0.2, 0.25) is 0 Å². The van der Waals surface area contributed by atoms with E-state index < -0.39 is 0 Å². The number of amides is 2. The van der Waals surface area contributed by atoms with Gasteiger partial charge in [-0.1, -0.05) is 12.1 Å². The molecule has 1 aromatic heterocycles. The Hall–Kier alpha value is -3.87. The van der Waals surface area contributed by atoms with Crippen molar-refractivity contribution in [3.63, 3.8) is 0 Å². The molecule has 0 aliphatic rings. The third-order valence-corrected chi connectivity index (χ3v) is 4.55. The zero-order chi connectivity index (χ0) is 22.1. The average Bonchev–Trinajstić information content (AvgIpc) is 2.79. The minimum Gasteiger partial charge on any atom is -0.457 e. The van der Waals surface area contributed by atoms with Crippen molar-refractivity contribution < 1.29 is 14.3 Å². The molecule has 0 aliphatic heterocycles. The molecule has 160 valence electrons. The molecule has 7 heteroatoms. The predicted molar refractivity (Wildman–Crippen MR) is 121 cm³/mol. The van der Waals surface area contributed by atoms with E-state index in [1.54, 1.807) is 19.2 Å². The molecule has 0 radical (unpaired) electrons. The molecule has 7 nitrogen and oxygen atoms in total. The molecular formula is C24H26N4O3. The summed E-state index contributed by atoms with van der Waals surface area (Å²) in [6.45, 7) is 3.37. The van der Waals surface area contributed by atoms with E-state index in [1.807, 2.05) is 55.5 Å². The summed E-state index contributed by atoms with van der Waals surface area (Å²) >= 11 is 0. The first-order chi connectivity index (χ1) is 15.1. The van der Waals surface area contributed by atoms with Crippen LogP contribution >= 0.6 is 0 Å². The Kier molecular flexibility index (Phi) is 7.59. The second kappa shape index (κ2) is 10.8. The Bertz CT molecular complexity index is 1040. The molecule has 3 aromatic rings. The Morgan fingerprint density at radius 3 is 2.48 bits per heavy atom. The second-order valence-corrected chi connectivity index (χ2v) is 6.82. The average molecular weight is 418 g/mol. The lowest BCUT2D eigenvalue weighted by molar-refractivity contribution is 0.0947. The molecule has 0 unspecified atom stereocenters. The molecule has 0 spiro atoms. The summed E-state index contributed by atoms with van der Waals surface area (Å²) in [5.41, 5.74) is 2.94. The Morgan fingerprint density at radius 1 is 0.968 bits per heavy atom. The summed E-state index contributed by atoms with van der Waals surface area (Å²) < 4.78 is 5.87. The first kappa shape index (κ1) is 21.8. The van der Waals surface area contributed by atoms with Crippen molar-refractivity contribution in [2.24, 2.45) is 0 Å². The lowest BCUT2D eigenvalue weighted by atomic mass is 10.1. The summed E-state index contributed by atoms with van der Waals surface area (Å²) in [4.78, 5) is 28.1. The first-order valence-corrected chi connectivity index (χ1v) is 10.2. The third-order valence-electron chi connectivity index (χ3n) is 4.55. The zero-order valence-electron chi connectivity index (χ0n) is 17.6. The number of rotatable bonds is 9. The van der Waals surface area contributed by atoms with E-state index in [1.165, 1.54) is 6.20 Å². The lowest BCUT2D eigenvalue weighted by Crippen LogP contribution is -2.25. The topological polar surface area (TPSA) is 92.3 Å². The number of anilines is 1. The standard InChI is InChI=1S/C24H26N4O3/c1-3-26-19-9-7-18(8-10-19)23(29)28-13-11-17-5-4-6-20(15-17)31-21-12-14-27-22(16-21)24(30)25-2/h4-10,12,14-16,26H,3,11,13H2,1-2H3,(H,25,30)(H,28,29). The molecule has 1 heterocycles. The van der Waals surface area contributed by atoms with Gasteiger partial charge in [-0.15, -0.1) is 0 Å². The maximum absolute atomic E-state index is 12.3. The van der Waals surface area contributed by atoms with Crippen molar-refractivity contribution in [3.8, 4) is 11.5 Å². The Morgan fingerprint density at radius 2 is 1.74 bits per heavy atom. The van der Waals surface area contributed by atoms with Gasteiger partial charge in [-0.05, 0) is 61.4 Å². The van der Waals surface area contributed by atoms with Crippen LogP contribution in [0.25, 0.3) is 0 Å². The Balaban J connectivity index is 1.55. The van der Waals surface area contributed by atoms with Crippen LogP contribution in [0, 0.1) is 0 Å². The molecule has 0 fully saturated rings. The molecule has 31 heavy (non-hydrogen) atoms. The molecule has 0 atom stereocenters. The highest BCUT2D eigenvalue weighted by Crippen LogP contribution is 2.22. The van der Waals surface area contributed by atoms with Crippen LogP contribution < -0.4 is 20.7 Å². The molecule has 2 amide bonds. The predicted octanol–water partition coefficient (Wildman–Crippen LogP) is 3.64. The fourth-order valence-electron chi connectivity index (χ4n) is 2.99. The van der Waals surface area contributed by atoms with Gasteiger partial charge >= 0.3 is 0 Å². The minimum absolute atomic E-state index is 0.103. The number of nitrogens with one attached hydrogen (secondary N) is 3. The first-order valence-electron chi connectivity index (χ1n) is 10.2. The van der Waals surface area contributed by atoms with Crippen LogP contribution in [0.15, 0.2) is 66.9 Å². The van der Waals surface area contributed by atoms with Gasteiger partial charge < -0.3 is 20.7 Å². The van der Waals surface area contributed by atoms with Gasteiger partial charge in [0, 0.05) is 43.7 Å². The van der Waals surface area contributed by atoms with E-state index in [9.17, 15) is 9.59 Å². The number of carbonyl (C=O) groups is 2. The van der Waals surface area contributed by atoms with Gasteiger partial charge in [-0.3, -0.25) is 14.6 Å². The summed E-state index contributed by atoms with van der Waals surface area (Å²) in [7, 11) is 1.55. The largest absolute Gasteiger partial charge is 0.457 e. The van der Waals surface area contributed by atoms with E-state index in [0.29, 0.717) is 30.0 Å². The summed E-state index contributed by atoms with van der Waals surface area (Å²) in [5.74, 6) is 0.803. The fourth-order valence-corrected chi connectivity index (χ4v) is 2.99. The van der Waals surface area contributed by atoms with Crippen molar-refractivity contribution in [3.05, 3.63) is 83.7 Å². The third kappa shape index (κ3) is 6.30. The number of pyridine rings is 1. The normalized spacial score (nSPS) is 10.3. The molecule has 0 bridgehead atoms. The van der Waals surface area contributed by atoms with E-state index >= 15 is 0 Å². The number of aromatic nitrogens is 1. The van der Waals surface area contributed by atoms with Crippen LogP contribution in [0.3, 0.4) is 0 Å². The fraction of sp³-hybridized carbons (Fsp3) is 0.208. The van der Waals surface area contributed by atoms with Crippen molar-refractivity contribution in [2.75, 3.05) is 25.5 Å². The SMILES string of the molecule is CCNc1ccc(C(=O)NCCc2cccc(Oc3ccnc(C(=O)NC)c3)c2)cc1. The highest BCUT2D eigenvalue weighted by atomic mass is 16.5. The lowest BCUT2D eigenvalue weighted by Gasteiger charge is -2.10. The van der Waals surface area contributed by atoms with Gasteiger partial charge in [-0.25, -0.2) is 0 Å². The van der Waals surface area contributed by atoms with Crippen molar-refractivity contribution in [1.82, 2.24) is 15.6 Å². The van der Waals surface area contributed by atoms with Crippen molar-refractivity contribution >= 4 is 17.5 Å². The molecule has 0 saturated carbocycles. The molecular weight excluding hydrogens is 392 g/mol. The summed E-state index contributed by atoms with van der Waals surface area (Å²) in [6.07, 6.45) is 2.20. The van der Waals surface area contributed by atoms with E-state index in [4.69, 9.17) is 4.74 Å². The number of carbonyl (C=O) groups excluding carboxylic acids is 2. The van der Waals surface area contributed by atoms with E-state index in [0.717, 1.165) is 17.8 Å². The van der Waals surface area contributed by atoms with Crippen LogP contribution in [0.1, 0.15) is 33.3 Å². The maximum atomic E-state index is 12.3. The van der Waals surface area contributed by atoms with Crippen molar-refractivity contribution in [1.29, 1.82) is 0 Å². The van der Waals surface area contributed by atoms with Crippen molar-refractivity contribution in [2.45, 2.75) is 13.3 Å². The number of benzene rings is 2. The summed E-state index contributed by atoms with van der Waals surface area (Å²) in [6, 6.07) is 18.3. The Labute approximate surface area is 181 Å². The molecule has 0 aliphatic carbocycles. The van der Waals surface area contributed by atoms with Gasteiger partial charge in [0.15, 0.2) is 0 Å². The van der Waals surface area contributed by atoms with Crippen LogP contribution in [0.5, 0.6) is 11.5 Å². The highest BCUT2D eigenvalue weighted by molar-refractivity contribution is 5.94. The second-order valence-electron chi connectivity index (χ2n) is 6.82. The smallest absolute Gasteiger partial charge is 0.269 e. The summed E-state index contributed by atoms with van der Waals surface area (Å²) in [5, 5.41) is 8.69. The molecule has 3 N–H and O–H groups in total. The van der Waals surface area contributed by atoms with E-state index in [2.05, 4.69) is 20.9 Å². The highest BCUT2D eigenvalue weighted by Gasteiger charge is 2.08. The quantitative estimate of drug-likeness (QED) is 0.493. The number of hydrogen-bond acceptors (Lipinski definition) is 5. The minimum atomic E-state index is -0.272. The molecule has 3 rings (SSSR count). The van der Waals surface area contributed by atoms with Crippen LogP contribution in [0.4, 0.5) is 5.69 Å². The van der Waals surface area contributed by atoms with E-state index in [-0.39, 0.29) is 17.5 Å². The molecule has 0 saturated heterocycles. The monoisotopic (exact) mass is 418 g/mol. The van der Waals surface area contributed by atoms with Gasteiger partial charge in [0.05, 0.1) is 0 Å². The van der Waals surface area contributed by atoms with Crippen LogP contribution in [-0.4, -0.2) is 36.9 Å². The molecule has 2 aromatic carbocycles.